The van der Waals surface area contributed by atoms with E-state index < -0.39 is 9.84 Å². The van der Waals surface area contributed by atoms with Crippen LogP contribution in [0.4, 0.5) is 0 Å². The van der Waals surface area contributed by atoms with Crippen molar-refractivity contribution in [2.45, 2.75) is 24.7 Å². The van der Waals surface area contributed by atoms with Crippen LogP contribution in [-0.2, 0) is 21.1 Å². The molecule has 0 bridgehead atoms. The van der Waals surface area contributed by atoms with Crippen LogP contribution in [-0.4, -0.2) is 62.6 Å². The molecule has 0 aromatic heterocycles. The van der Waals surface area contributed by atoms with Crippen molar-refractivity contribution >= 4 is 15.7 Å². The number of hydrogen-bond donors (Lipinski definition) is 0. The normalized spacial score (nSPS) is 15.5. The third-order valence-electron chi connectivity index (χ3n) is 5.32. The maximum absolute atomic E-state index is 12.6. The molecule has 3 rings (SSSR count). The fourth-order valence-electron chi connectivity index (χ4n) is 3.53. The minimum absolute atomic E-state index is 0.156. The van der Waals surface area contributed by atoms with E-state index in [2.05, 4.69) is 4.90 Å². The Hall–Kier alpha value is -2.18. The summed E-state index contributed by atoms with van der Waals surface area (Å²) in [5.41, 5.74) is 2.23. The van der Waals surface area contributed by atoms with Crippen LogP contribution in [0.5, 0.6) is 0 Å². The Morgan fingerprint density at radius 2 is 1.57 bits per heavy atom. The van der Waals surface area contributed by atoms with Crippen molar-refractivity contribution in [3.8, 4) is 0 Å². The number of benzene rings is 2. The van der Waals surface area contributed by atoms with Gasteiger partial charge in [0.2, 0.25) is 5.91 Å². The number of sulfone groups is 1. The van der Waals surface area contributed by atoms with E-state index in [-0.39, 0.29) is 11.7 Å². The molecule has 0 N–H and O–H groups in total. The van der Waals surface area contributed by atoms with Gasteiger partial charge in [0, 0.05) is 26.2 Å². The summed E-state index contributed by atoms with van der Waals surface area (Å²) >= 11 is 0. The third-order valence-corrected chi connectivity index (χ3v) is 7.13. The lowest BCUT2D eigenvalue weighted by Crippen LogP contribution is -2.49. The first-order chi connectivity index (χ1) is 13.5. The number of carbonyl (C=O) groups is 1. The van der Waals surface area contributed by atoms with E-state index in [9.17, 15) is 13.2 Å². The highest BCUT2D eigenvalue weighted by Crippen LogP contribution is 2.13. The summed E-state index contributed by atoms with van der Waals surface area (Å²) in [6, 6.07) is 16.6. The van der Waals surface area contributed by atoms with Crippen LogP contribution in [0.15, 0.2) is 59.5 Å². The van der Waals surface area contributed by atoms with Crippen LogP contribution in [0.1, 0.15) is 17.5 Å². The quantitative estimate of drug-likeness (QED) is 0.717. The van der Waals surface area contributed by atoms with Gasteiger partial charge in [-0.05, 0) is 43.1 Å². The second-order valence-corrected chi connectivity index (χ2v) is 9.42. The number of carbonyl (C=O) groups excluding carboxylic acids is 1. The largest absolute Gasteiger partial charge is 0.340 e. The molecular weight excluding hydrogens is 372 g/mol. The lowest BCUT2D eigenvalue weighted by Gasteiger charge is -2.35. The Morgan fingerprint density at radius 1 is 0.929 bits per heavy atom. The molecule has 5 nitrogen and oxygen atoms in total. The highest BCUT2D eigenvalue weighted by Gasteiger charge is 2.22. The molecule has 1 fully saturated rings. The predicted molar refractivity (Wildman–Crippen MR) is 111 cm³/mol. The Bertz CT molecular complexity index is 889. The predicted octanol–water partition coefficient (Wildman–Crippen LogP) is 2.55. The molecule has 1 aliphatic rings. The number of aryl methyl sites for hydroxylation is 1. The van der Waals surface area contributed by atoms with Gasteiger partial charge in [0.05, 0.1) is 17.1 Å². The van der Waals surface area contributed by atoms with Gasteiger partial charge in [-0.3, -0.25) is 9.69 Å². The fraction of sp³-hybridized carbons (Fsp3) is 0.409. The number of amides is 1. The smallest absolute Gasteiger partial charge is 0.227 e. The minimum atomic E-state index is -3.22. The molecule has 1 amide bonds. The Labute approximate surface area is 167 Å². The van der Waals surface area contributed by atoms with Gasteiger partial charge in [-0.25, -0.2) is 8.42 Å². The number of piperazine rings is 1. The molecule has 1 saturated heterocycles. The van der Waals surface area contributed by atoms with Crippen molar-refractivity contribution in [2.24, 2.45) is 0 Å². The highest BCUT2D eigenvalue weighted by molar-refractivity contribution is 7.91. The first kappa shape index (κ1) is 20.6. The van der Waals surface area contributed by atoms with Crippen LogP contribution >= 0.6 is 0 Å². The zero-order valence-electron chi connectivity index (χ0n) is 16.4. The molecule has 6 heteroatoms. The average Bonchev–Trinajstić information content (AvgIpc) is 2.71. The summed E-state index contributed by atoms with van der Waals surface area (Å²) in [5.74, 6) is 0.323. The zero-order chi connectivity index (χ0) is 20.0. The molecule has 0 spiro atoms. The van der Waals surface area contributed by atoms with E-state index in [1.54, 1.807) is 24.3 Å². The van der Waals surface area contributed by atoms with Crippen molar-refractivity contribution in [1.82, 2.24) is 9.80 Å². The molecule has 0 unspecified atom stereocenters. The van der Waals surface area contributed by atoms with E-state index in [0.717, 1.165) is 30.8 Å². The summed E-state index contributed by atoms with van der Waals surface area (Å²) in [4.78, 5) is 17.1. The van der Waals surface area contributed by atoms with Crippen LogP contribution in [0.3, 0.4) is 0 Å². The summed E-state index contributed by atoms with van der Waals surface area (Å²) in [6.07, 6.45) is 1.05. The van der Waals surface area contributed by atoms with Crippen LogP contribution in [0, 0.1) is 6.92 Å². The molecule has 0 aliphatic carbocycles. The maximum Gasteiger partial charge on any atom is 0.227 e. The van der Waals surface area contributed by atoms with Gasteiger partial charge in [-0.1, -0.05) is 42.5 Å². The summed E-state index contributed by atoms with van der Waals surface area (Å²) in [5, 5.41) is 0. The molecule has 2 aromatic carbocycles. The number of rotatable bonds is 7. The van der Waals surface area contributed by atoms with Crippen molar-refractivity contribution in [3.05, 3.63) is 65.7 Å². The second-order valence-electron chi connectivity index (χ2n) is 7.31. The summed E-state index contributed by atoms with van der Waals surface area (Å²) < 4.78 is 24.7. The van der Waals surface area contributed by atoms with E-state index >= 15 is 0 Å². The molecule has 0 saturated carbocycles. The first-order valence-corrected chi connectivity index (χ1v) is 11.4. The standard InChI is InChI=1S/C22H28N2O3S/c1-19-8-5-6-9-20(19)18-22(25)24-15-13-23(14-16-24)12-7-17-28(26,27)21-10-3-2-4-11-21/h2-6,8-11H,7,12-18H2,1H3. The molecule has 0 atom stereocenters. The van der Waals surface area contributed by atoms with E-state index in [1.807, 2.05) is 42.2 Å². The van der Waals surface area contributed by atoms with Gasteiger partial charge >= 0.3 is 0 Å². The summed E-state index contributed by atoms with van der Waals surface area (Å²) in [6.45, 7) is 5.78. The molecule has 150 valence electrons. The van der Waals surface area contributed by atoms with Crippen LogP contribution < -0.4 is 0 Å². The van der Waals surface area contributed by atoms with Crippen molar-refractivity contribution in [1.29, 1.82) is 0 Å². The lowest BCUT2D eigenvalue weighted by atomic mass is 10.1. The lowest BCUT2D eigenvalue weighted by molar-refractivity contribution is -0.132. The SMILES string of the molecule is Cc1ccccc1CC(=O)N1CCN(CCCS(=O)(=O)c2ccccc2)CC1. The Kier molecular flexibility index (Phi) is 6.86. The maximum atomic E-state index is 12.6. The number of hydrogen-bond acceptors (Lipinski definition) is 4. The monoisotopic (exact) mass is 400 g/mol. The van der Waals surface area contributed by atoms with Gasteiger partial charge in [0.25, 0.3) is 0 Å². The van der Waals surface area contributed by atoms with Crippen LogP contribution in [0.25, 0.3) is 0 Å². The molecule has 2 aromatic rings. The Morgan fingerprint density at radius 3 is 2.25 bits per heavy atom. The molecule has 1 heterocycles. The van der Waals surface area contributed by atoms with Gasteiger partial charge in [-0.15, -0.1) is 0 Å². The van der Waals surface area contributed by atoms with Gasteiger partial charge in [-0.2, -0.15) is 0 Å². The molecule has 1 aliphatic heterocycles. The Balaban J connectivity index is 1.42. The number of nitrogens with zero attached hydrogens (tertiary/aromatic N) is 2. The molecular formula is C22H28N2O3S. The zero-order valence-corrected chi connectivity index (χ0v) is 17.2. The second kappa shape index (κ2) is 9.34. The minimum Gasteiger partial charge on any atom is -0.340 e. The van der Waals surface area contributed by atoms with Crippen molar-refractivity contribution in [3.63, 3.8) is 0 Å². The van der Waals surface area contributed by atoms with E-state index in [1.165, 1.54) is 0 Å². The van der Waals surface area contributed by atoms with Gasteiger partial charge in [0.15, 0.2) is 9.84 Å². The fourth-order valence-corrected chi connectivity index (χ4v) is 4.84. The van der Waals surface area contributed by atoms with Crippen LogP contribution in [0.2, 0.25) is 0 Å². The first-order valence-electron chi connectivity index (χ1n) is 9.78. The van der Waals surface area contributed by atoms with Gasteiger partial charge < -0.3 is 4.90 Å². The topological polar surface area (TPSA) is 57.7 Å². The average molecular weight is 401 g/mol. The van der Waals surface area contributed by atoms with E-state index in [4.69, 9.17) is 0 Å². The molecule has 28 heavy (non-hydrogen) atoms. The van der Waals surface area contributed by atoms with Crippen molar-refractivity contribution < 1.29 is 13.2 Å². The van der Waals surface area contributed by atoms with E-state index in [0.29, 0.717) is 30.8 Å². The third kappa shape index (κ3) is 5.42. The molecule has 0 radical (unpaired) electrons. The van der Waals surface area contributed by atoms with Gasteiger partial charge in [0.1, 0.15) is 0 Å². The summed E-state index contributed by atoms with van der Waals surface area (Å²) in [7, 11) is -3.22. The highest BCUT2D eigenvalue weighted by atomic mass is 32.2. The van der Waals surface area contributed by atoms with Crippen molar-refractivity contribution in [2.75, 3.05) is 38.5 Å².